The van der Waals surface area contributed by atoms with E-state index in [1.54, 1.807) is 24.3 Å². The predicted octanol–water partition coefficient (Wildman–Crippen LogP) is 8.36. The molecule has 3 heteroatoms. The fraction of sp³-hybridized carbons (Fsp3) is 0.538. The molecule has 0 saturated heterocycles. The molecule has 0 amide bonds. The van der Waals surface area contributed by atoms with Gasteiger partial charge in [-0.3, -0.25) is 0 Å². The molecule has 2 aliphatic carbocycles. The molecule has 2 saturated carbocycles. The SMILES string of the molecule is CC1CCC(c2ccc(-c3ccc(C4CCC(C)CC4)c(F)c3F)cc2F)CC1. The molecule has 2 aliphatic rings. The van der Waals surface area contributed by atoms with Gasteiger partial charge in [0.1, 0.15) is 5.82 Å². The van der Waals surface area contributed by atoms with Gasteiger partial charge in [-0.1, -0.05) is 63.8 Å². The van der Waals surface area contributed by atoms with E-state index in [1.807, 2.05) is 0 Å². The molecule has 0 radical (unpaired) electrons. The first-order valence-corrected chi connectivity index (χ1v) is 11.2. The van der Waals surface area contributed by atoms with Crippen molar-refractivity contribution in [2.24, 2.45) is 11.8 Å². The van der Waals surface area contributed by atoms with Crippen LogP contribution in [-0.4, -0.2) is 0 Å². The van der Waals surface area contributed by atoms with Gasteiger partial charge < -0.3 is 0 Å². The molecule has 156 valence electrons. The van der Waals surface area contributed by atoms with Crippen molar-refractivity contribution >= 4 is 0 Å². The Balaban J connectivity index is 1.58. The molecule has 2 fully saturated rings. The Labute approximate surface area is 172 Å². The third kappa shape index (κ3) is 4.25. The molecule has 0 spiro atoms. The van der Waals surface area contributed by atoms with Crippen molar-refractivity contribution in [2.45, 2.75) is 77.0 Å². The van der Waals surface area contributed by atoms with E-state index in [1.165, 1.54) is 6.07 Å². The summed E-state index contributed by atoms with van der Waals surface area (Å²) in [4.78, 5) is 0. The van der Waals surface area contributed by atoms with E-state index in [9.17, 15) is 13.2 Å². The van der Waals surface area contributed by atoms with E-state index in [0.717, 1.165) is 56.9 Å². The maximum absolute atomic E-state index is 14.9. The van der Waals surface area contributed by atoms with E-state index >= 15 is 0 Å². The normalized spacial score (nSPS) is 27.8. The fourth-order valence-electron chi connectivity index (χ4n) is 5.27. The third-order valence-electron chi connectivity index (χ3n) is 7.33. The Morgan fingerprint density at radius 3 is 1.69 bits per heavy atom. The summed E-state index contributed by atoms with van der Waals surface area (Å²) in [6, 6.07) is 8.24. The highest BCUT2D eigenvalue weighted by atomic mass is 19.2. The van der Waals surface area contributed by atoms with Crippen molar-refractivity contribution in [1.29, 1.82) is 0 Å². The van der Waals surface area contributed by atoms with Gasteiger partial charge in [-0.2, -0.15) is 0 Å². The minimum atomic E-state index is -0.847. The van der Waals surface area contributed by atoms with Crippen LogP contribution in [-0.2, 0) is 0 Å². The zero-order valence-corrected chi connectivity index (χ0v) is 17.5. The molecule has 29 heavy (non-hydrogen) atoms. The zero-order chi connectivity index (χ0) is 20.5. The molecule has 0 heterocycles. The van der Waals surface area contributed by atoms with Crippen LogP contribution in [0.25, 0.3) is 11.1 Å². The number of halogens is 3. The highest BCUT2D eigenvalue weighted by Crippen LogP contribution is 2.40. The molecule has 0 aromatic heterocycles. The van der Waals surface area contributed by atoms with Crippen molar-refractivity contribution in [3.8, 4) is 11.1 Å². The van der Waals surface area contributed by atoms with Gasteiger partial charge in [-0.05, 0) is 72.1 Å². The molecule has 0 nitrogen and oxygen atoms in total. The van der Waals surface area contributed by atoms with Gasteiger partial charge in [0.25, 0.3) is 0 Å². The number of hydrogen-bond acceptors (Lipinski definition) is 0. The summed E-state index contributed by atoms with van der Waals surface area (Å²) in [5.74, 6) is -0.218. The summed E-state index contributed by atoms with van der Waals surface area (Å²) in [5.41, 5.74) is 1.76. The van der Waals surface area contributed by atoms with Crippen molar-refractivity contribution < 1.29 is 13.2 Å². The lowest BCUT2D eigenvalue weighted by Crippen LogP contribution is -2.13. The highest BCUT2D eigenvalue weighted by molar-refractivity contribution is 5.65. The first-order chi connectivity index (χ1) is 13.9. The van der Waals surface area contributed by atoms with Crippen LogP contribution < -0.4 is 0 Å². The molecular formula is C26H31F3. The van der Waals surface area contributed by atoms with E-state index < -0.39 is 11.6 Å². The van der Waals surface area contributed by atoms with Crippen LogP contribution in [0.15, 0.2) is 30.3 Å². The summed E-state index contributed by atoms with van der Waals surface area (Å²) in [5, 5.41) is 0. The van der Waals surface area contributed by atoms with Gasteiger partial charge in [0, 0.05) is 5.56 Å². The molecule has 2 aromatic rings. The Morgan fingerprint density at radius 1 is 0.621 bits per heavy atom. The van der Waals surface area contributed by atoms with Crippen LogP contribution in [0.1, 0.15) is 88.2 Å². The fourth-order valence-corrected chi connectivity index (χ4v) is 5.27. The largest absolute Gasteiger partial charge is 0.207 e. The Morgan fingerprint density at radius 2 is 1.14 bits per heavy atom. The van der Waals surface area contributed by atoms with Crippen molar-refractivity contribution in [1.82, 2.24) is 0 Å². The number of rotatable bonds is 3. The second kappa shape index (κ2) is 8.53. The van der Waals surface area contributed by atoms with Gasteiger partial charge in [-0.15, -0.1) is 0 Å². The van der Waals surface area contributed by atoms with Crippen LogP contribution in [0.5, 0.6) is 0 Å². The van der Waals surface area contributed by atoms with Crippen LogP contribution in [0.3, 0.4) is 0 Å². The van der Waals surface area contributed by atoms with Gasteiger partial charge >= 0.3 is 0 Å². The lowest BCUT2D eigenvalue weighted by Gasteiger charge is -2.27. The smallest absolute Gasteiger partial charge is 0.166 e. The minimum absolute atomic E-state index is 0.0857. The van der Waals surface area contributed by atoms with Crippen molar-refractivity contribution in [3.63, 3.8) is 0 Å². The van der Waals surface area contributed by atoms with Crippen molar-refractivity contribution in [3.05, 3.63) is 58.9 Å². The maximum Gasteiger partial charge on any atom is 0.166 e. The molecule has 2 aromatic carbocycles. The van der Waals surface area contributed by atoms with Crippen molar-refractivity contribution in [2.75, 3.05) is 0 Å². The first kappa shape index (κ1) is 20.5. The summed E-state index contributed by atoms with van der Waals surface area (Å²) >= 11 is 0. The predicted molar refractivity (Wildman–Crippen MR) is 112 cm³/mol. The maximum atomic E-state index is 14.9. The summed E-state index contributed by atoms with van der Waals surface area (Å²) in [6.07, 6.45) is 8.14. The average molecular weight is 401 g/mol. The van der Waals surface area contributed by atoms with Crippen LogP contribution in [0.4, 0.5) is 13.2 Å². The topological polar surface area (TPSA) is 0 Å². The van der Waals surface area contributed by atoms with Gasteiger partial charge in [-0.25, -0.2) is 13.2 Å². The van der Waals surface area contributed by atoms with Gasteiger partial charge in [0.15, 0.2) is 11.6 Å². The summed E-state index contributed by atoms with van der Waals surface area (Å²) in [6.45, 7) is 4.45. The van der Waals surface area contributed by atoms with Crippen LogP contribution in [0.2, 0.25) is 0 Å². The molecule has 4 rings (SSSR count). The van der Waals surface area contributed by atoms with Crippen LogP contribution >= 0.6 is 0 Å². The van der Waals surface area contributed by atoms with E-state index in [0.29, 0.717) is 23.0 Å². The lowest BCUT2D eigenvalue weighted by molar-refractivity contribution is 0.339. The Bertz CT molecular complexity index is 856. The second-order valence-corrected chi connectivity index (χ2v) is 9.48. The molecular weight excluding hydrogens is 369 g/mol. The quantitative estimate of drug-likeness (QED) is 0.485. The monoisotopic (exact) mass is 400 g/mol. The van der Waals surface area contributed by atoms with E-state index in [2.05, 4.69) is 13.8 Å². The number of benzene rings is 2. The average Bonchev–Trinajstić information content (AvgIpc) is 2.72. The standard InChI is InChI=1S/C26H31F3/c1-16-3-7-18(8-4-16)21-12-11-20(15-24(21)27)23-14-13-22(25(28)26(23)29)19-9-5-17(2)6-10-19/h11-19H,3-10H2,1-2H3. The second-order valence-electron chi connectivity index (χ2n) is 9.48. The highest BCUT2D eigenvalue weighted by Gasteiger charge is 2.26. The molecule has 0 aliphatic heterocycles. The van der Waals surface area contributed by atoms with Gasteiger partial charge in [0.05, 0.1) is 0 Å². The zero-order valence-electron chi connectivity index (χ0n) is 17.5. The van der Waals surface area contributed by atoms with Crippen LogP contribution in [0, 0.1) is 29.3 Å². The van der Waals surface area contributed by atoms with Gasteiger partial charge in [0.2, 0.25) is 0 Å². The van der Waals surface area contributed by atoms with E-state index in [-0.39, 0.29) is 23.2 Å². The molecule has 0 atom stereocenters. The Kier molecular flexibility index (Phi) is 6.03. The lowest BCUT2D eigenvalue weighted by atomic mass is 9.78. The molecule has 0 unspecified atom stereocenters. The minimum Gasteiger partial charge on any atom is -0.207 e. The first-order valence-electron chi connectivity index (χ1n) is 11.2. The molecule has 0 N–H and O–H groups in total. The summed E-state index contributed by atoms with van der Waals surface area (Å²) < 4.78 is 44.6. The summed E-state index contributed by atoms with van der Waals surface area (Å²) in [7, 11) is 0. The molecule has 0 bridgehead atoms. The van der Waals surface area contributed by atoms with E-state index in [4.69, 9.17) is 0 Å². The third-order valence-corrected chi connectivity index (χ3v) is 7.33. The Hall–Kier alpha value is -1.77. The number of hydrogen-bond donors (Lipinski definition) is 0.